The molecule has 2 aliphatic rings. The third-order valence-electron chi connectivity index (χ3n) is 3.55. The lowest BCUT2D eigenvalue weighted by Gasteiger charge is -2.16. The fraction of sp³-hybridized carbons (Fsp3) is 0.615. The number of hydrogen-bond acceptors (Lipinski definition) is 3. The molecule has 16 heavy (non-hydrogen) atoms. The van der Waals surface area contributed by atoms with Gasteiger partial charge >= 0.3 is 0 Å². The molecule has 1 aromatic heterocycles. The van der Waals surface area contributed by atoms with E-state index in [1.54, 1.807) is 0 Å². The van der Waals surface area contributed by atoms with E-state index in [-0.39, 0.29) is 0 Å². The first-order valence-electron chi connectivity index (χ1n) is 6.24. The van der Waals surface area contributed by atoms with Crippen molar-refractivity contribution in [3.05, 3.63) is 23.9 Å². The van der Waals surface area contributed by atoms with Crippen LogP contribution in [0.25, 0.3) is 0 Å². The zero-order valence-corrected chi connectivity index (χ0v) is 9.82. The van der Waals surface area contributed by atoms with E-state index in [2.05, 4.69) is 28.2 Å². The van der Waals surface area contributed by atoms with Gasteiger partial charge in [-0.05, 0) is 43.9 Å². The van der Waals surface area contributed by atoms with Crippen molar-refractivity contribution >= 4 is 5.82 Å². The van der Waals surface area contributed by atoms with Crippen LogP contribution in [0.1, 0.15) is 24.8 Å². The van der Waals surface area contributed by atoms with Crippen molar-refractivity contribution in [3.63, 3.8) is 0 Å². The van der Waals surface area contributed by atoms with Crippen LogP contribution in [0.4, 0.5) is 5.82 Å². The van der Waals surface area contributed by atoms with Crippen molar-refractivity contribution in [2.24, 2.45) is 0 Å². The second-order valence-electron chi connectivity index (χ2n) is 5.07. The summed E-state index contributed by atoms with van der Waals surface area (Å²) in [6.45, 7) is 4.56. The maximum Gasteiger partial charge on any atom is 0.126 e. The van der Waals surface area contributed by atoms with E-state index < -0.39 is 0 Å². The lowest BCUT2D eigenvalue weighted by atomic mass is 10.2. The maximum absolute atomic E-state index is 4.36. The largest absolute Gasteiger partial charge is 0.366 e. The highest BCUT2D eigenvalue weighted by molar-refractivity contribution is 5.38. The SMILES string of the molecule is Cc1ccnc(NC2CCN(C3CC3)C2)c1. The van der Waals surface area contributed by atoms with Crippen LogP contribution in [-0.4, -0.2) is 35.1 Å². The molecule has 1 N–H and O–H groups in total. The van der Waals surface area contributed by atoms with Crippen LogP contribution in [0, 0.1) is 6.92 Å². The number of aromatic nitrogens is 1. The van der Waals surface area contributed by atoms with Gasteiger partial charge in [0.2, 0.25) is 0 Å². The van der Waals surface area contributed by atoms with Crippen LogP contribution in [-0.2, 0) is 0 Å². The highest BCUT2D eigenvalue weighted by Gasteiger charge is 2.34. The van der Waals surface area contributed by atoms with Gasteiger partial charge in [-0.25, -0.2) is 4.98 Å². The Bertz CT molecular complexity index is 373. The molecule has 86 valence electrons. The fourth-order valence-electron chi connectivity index (χ4n) is 2.50. The quantitative estimate of drug-likeness (QED) is 0.839. The third kappa shape index (κ3) is 2.19. The third-order valence-corrected chi connectivity index (χ3v) is 3.55. The smallest absolute Gasteiger partial charge is 0.126 e. The second kappa shape index (κ2) is 4.06. The molecule has 0 aromatic carbocycles. The summed E-state index contributed by atoms with van der Waals surface area (Å²) in [5.41, 5.74) is 1.27. The zero-order chi connectivity index (χ0) is 11.0. The van der Waals surface area contributed by atoms with E-state index in [1.165, 1.54) is 37.9 Å². The van der Waals surface area contributed by atoms with E-state index in [4.69, 9.17) is 0 Å². The van der Waals surface area contributed by atoms with Gasteiger partial charge in [0.15, 0.2) is 0 Å². The summed E-state index contributed by atoms with van der Waals surface area (Å²) in [6, 6.07) is 5.66. The monoisotopic (exact) mass is 217 g/mol. The Morgan fingerprint density at radius 3 is 3.00 bits per heavy atom. The lowest BCUT2D eigenvalue weighted by Crippen LogP contribution is -2.27. The number of nitrogens with zero attached hydrogens (tertiary/aromatic N) is 2. The van der Waals surface area contributed by atoms with Crippen molar-refractivity contribution in [2.45, 2.75) is 38.3 Å². The minimum absolute atomic E-state index is 0.592. The first-order valence-corrected chi connectivity index (χ1v) is 6.24. The second-order valence-corrected chi connectivity index (χ2v) is 5.07. The summed E-state index contributed by atoms with van der Waals surface area (Å²) in [6.07, 6.45) is 5.96. The van der Waals surface area contributed by atoms with Gasteiger partial charge < -0.3 is 5.32 Å². The van der Waals surface area contributed by atoms with Crippen molar-refractivity contribution in [1.82, 2.24) is 9.88 Å². The number of likely N-dealkylation sites (tertiary alicyclic amines) is 1. The summed E-state index contributed by atoms with van der Waals surface area (Å²) in [5.74, 6) is 1.03. The first kappa shape index (κ1) is 10.1. The molecular formula is C13H19N3. The maximum atomic E-state index is 4.36. The van der Waals surface area contributed by atoms with Gasteiger partial charge in [-0.15, -0.1) is 0 Å². The minimum atomic E-state index is 0.592. The lowest BCUT2D eigenvalue weighted by molar-refractivity contribution is 0.326. The molecule has 0 amide bonds. The van der Waals surface area contributed by atoms with Crippen molar-refractivity contribution in [3.8, 4) is 0 Å². The van der Waals surface area contributed by atoms with E-state index in [0.717, 1.165) is 11.9 Å². The molecule has 1 aliphatic carbocycles. The van der Waals surface area contributed by atoms with Crippen LogP contribution < -0.4 is 5.32 Å². The average molecular weight is 217 g/mol. The summed E-state index contributed by atoms with van der Waals surface area (Å²) in [4.78, 5) is 6.98. The fourth-order valence-corrected chi connectivity index (χ4v) is 2.50. The molecule has 1 saturated heterocycles. The Morgan fingerprint density at radius 2 is 2.25 bits per heavy atom. The Balaban J connectivity index is 1.59. The molecule has 0 spiro atoms. The predicted molar refractivity (Wildman–Crippen MR) is 65.6 cm³/mol. The summed E-state index contributed by atoms with van der Waals surface area (Å²) in [5, 5.41) is 3.54. The highest BCUT2D eigenvalue weighted by atomic mass is 15.2. The van der Waals surface area contributed by atoms with Gasteiger partial charge in [0.05, 0.1) is 0 Å². The van der Waals surface area contributed by atoms with Crippen LogP contribution in [0.5, 0.6) is 0 Å². The molecule has 1 aliphatic heterocycles. The normalized spacial score (nSPS) is 25.9. The van der Waals surface area contributed by atoms with Gasteiger partial charge in [-0.1, -0.05) is 0 Å². The number of rotatable bonds is 3. The molecule has 1 atom stereocenters. The molecule has 2 fully saturated rings. The van der Waals surface area contributed by atoms with Gasteiger partial charge in [0.1, 0.15) is 5.82 Å². The number of pyridine rings is 1. The predicted octanol–water partition coefficient (Wildman–Crippen LogP) is 2.04. The van der Waals surface area contributed by atoms with Crippen molar-refractivity contribution in [1.29, 1.82) is 0 Å². The van der Waals surface area contributed by atoms with Crippen molar-refractivity contribution < 1.29 is 0 Å². The Labute approximate surface area is 96.9 Å². The van der Waals surface area contributed by atoms with E-state index in [1.807, 2.05) is 12.3 Å². The molecule has 1 saturated carbocycles. The van der Waals surface area contributed by atoms with E-state index in [9.17, 15) is 0 Å². The number of nitrogens with one attached hydrogen (secondary N) is 1. The Morgan fingerprint density at radius 1 is 1.38 bits per heavy atom. The topological polar surface area (TPSA) is 28.2 Å². The van der Waals surface area contributed by atoms with E-state index >= 15 is 0 Å². The molecule has 3 heteroatoms. The molecule has 3 nitrogen and oxygen atoms in total. The molecule has 0 radical (unpaired) electrons. The Hall–Kier alpha value is -1.09. The number of anilines is 1. The zero-order valence-electron chi connectivity index (χ0n) is 9.82. The van der Waals surface area contributed by atoms with Gasteiger partial charge in [0.25, 0.3) is 0 Å². The highest BCUT2D eigenvalue weighted by Crippen LogP contribution is 2.30. The van der Waals surface area contributed by atoms with Gasteiger partial charge in [0, 0.05) is 31.4 Å². The van der Waals surface area contributed by atoms with Crippen LogP contribution in [0.2, 0.25) is 0 Å². The van der Waals surface area contributed by atoms with Crippen LogP contribution in [0.3, 0.4) is 0 Å². The first-order chi connectivity index (χ1) is 7.81. The summed E-state index contributed by atoms with van der Waals surface area (Å²) < 4.78 is 0. The number of hydrogen-bond donors (Lipinski definition) is 1. The van der Waals surface area contributed by atoms with Crippen molar-refractivity contribution in [2.75, 3.05) is 18.4 Å². The van der Waals surface area contributed by atoms with Gasteiger partial charge in [-0.2, -0.15) is 0 Å². The summed E-state index contributed by atoms with van der Waals surface area (Å²) >= 11 is 0. The van der Waals surface area contributed by atoms with Gasteiger partial charge in [-0.3, -0.25) is 4.90 Å². The standard InChI is InChI=1S/C13H19N3/c1-10-4-6-14-13(8-10)15-11-5-7-16(9-11)12-2-3-12/h4,6,8,11-12H,2-3,5,7,9H2,1H3,(H,14,15). The molecular weight excluding hydrogens is 198 g/mol. The molecule has 2 heterocycles. The van der Waals surface area contributed by atoms with E-state index in [0.29, 0.717) is 6.04 Å². The molecule has 1 aromatic rings. The number of aryl methyl sites for hydroxylation is 1. The van der Waals surface area contributed by atoms with Crippen LogP contribution in [0.15, 0.2) is 18.3 Å². The van der Waals surface area contributed by atoms with Crippen LogP contribution >= 0.6 is 0 Å². The Kier molecular flexibility index (Phi) is 2.56. The molecule has 0 bridgehead atoms. The minimum Gasteiger partial charge on any atom is -0.366 e. The average Bonchev–Trinajstić information content (AvgIpc) is 3.01. The molecule has 3 rings (SSSR count). The summed E-state index contributed by atoms with van der Waals surface area (Å²) in [7, 11) is 0. The molecule has 1 unspecified atom stereocenters.